The summed E-state index contributed by atoms with van der Waals surface area (Å²) in [6.45, 7) is 1.59. The van der Waals surface area contributed by atoms with Crippen molar-refractivity contribution < 1.29 is 9.47 Å². The molecule has 1 unspecified atom stereocenters. The third-order valence-corrected chi connectivity index (χ3v) is 4.28. The lowest BCUT2D eigenvalue weighted by Gasteiger charge is -2.28. The topological polar surface area (TPSA) is 44.5 Å². The Morgan fingerprint density at radius 1 is 1.39 bits per heavy atom. The van der Waals surface area contributed by atoms with E-state index in [1.807, 2.05) is 12.1 Å². The molecule has 1 saturated heterocycles. The van der Waals surface area contributed by atoms with E-state index >= 15 is 0 Å². The van der Waals surface area contributed by atoms with E-state index in [4.69, 9.17) is 15.2 Å². The second kappa shape index (κ2) is 6.04. The van der Waals surface area contributed by atoms with Gasteiger partial charge in [-0.25, -0.2) is 0 Å². The summed E-state index contributed by atoms with van der Waals surface area (Å²) >= 11 is 3.59. The standard InChI is InChI=1S/C14H20BrNO2/c1-17-12-3-4-13(15)11(9-12)10-14(16)5-2-7-18-8-6-14/h3-4,9H,2,5-8,10,16H2,1H3. The second-order valence-electron chi connectivity index (χ2n) is 4.96. The maximum atomic E-state index is 6.51. The number of halogens is 1. The van der Waals surface area contributed by atoms with Gasteiger partial charge in [0.05, 0.1) is 7.11 Å². The first kappa shape index (κ1) is 13.8. The molecule has 1 aliphatic heterocycles. The first-order valence-corrected chi connectivity index (χ1v) is 7.11. The molecule has 1 heterocycles. The Bertz CT molecular complexity index is 401. The van der Waals surface area contributed by atoms with Crippen molar-refractivity contribution in [3.8, 4) is 5.75 Å². The number of nitrogens with two attached hydrogens (primary N) is 1. The fourth-order valence-electron chi connectivity index (χ4n) is 2.40. The van der Waals surface area contributed by atoms with E-state index in [1.54, 1.807) is 7.11 Å². The highest BCUT2D eigenvalue weighted by Gasteiger charge is 2.27. The molecular formula is C14H20BrNO2. The maximum Gasteiger partial charge on any atom is 0.119 e. The molecule has 1 aliphatic rings. The van der Waals surface area contributed by atoms with Crippen LogP contribution in [0.25, 0.3) is 0 Å². The van der Waals surface area contributed by atoms with Gasteiger partial charge in [0.25, 0.3) is 0 Å². The molecule has 2 N–H and O–H groups in total. The molecule has 18 heavy (non-hydrogen) atoms. The number of benzene rings is 1. The van der Waals surface area contributed by atoms with Crippen molar-refractivity contribution in [2.45, 2.75) is 31.2 Å². The van der Waals surface area contributed by atoms with E-state index in [9.17, 15) is 0 Å². The van der Waals surface area contributed by atoms with E-state index < -0.39 is 0 Å². The predicted octanol–water partition coefficient (Wildman–Crippen LogP) is 2.90. The summed E-state index contributed by atoms with van der Waals surface area (Å²) in [5.41, 5.74) is 7.56. The zero-order valence-electron chi connectivity index (χ0n) is 10.7. The summed E-state index contributed by atoms with van der Waals surface area (Å²) in [7, 11) is 1.69. The smallest absolute Gasteiger partial charge is 0.119 e. The van der Waals surface area contributed by atoms with Gasteiger partial charge in [0.2, 0.25) is 0 Å². The minimum absolute atomic E-state index is 0.161. The van der Waals surface area contributed by atoms with Crippen LogP contribution in [0.1, 0.15) is 24.8 Å². The van der Waals surface area contributed by atoms with E-state index in [1.165, 1.54) is 5.56 Å². The van der Waals surface area contributed by atoms with E-state index in [0.717, 1.165) is 49.1 Å². The Balaban J connectivity index is 2.16. The lowest BCUT2D eigenvalue weighted by molar-refractivity contribution is 0.139. The monoisotopic (exact) mass is 313 g/mol. The van der Waals surface area contributed by atoms with Crippen molar-refractivity contribution in [3.05, 3.63) is 28.2 Å². The van der Waals surface area contributed by atoms with Gasteiger partial charge in [0.1, 0.15) is 5.75 Å². The van der Waals surface area contributed by atoms with Gasteiger partial charge in [-0.2, -0.15) is 0 Å². The average Bonchev–Trinajstić information content (AvgIpc) is 2.57. The van der Waals surface area contributed by atoms with Crippen LogP contribution >= 0.6 is 15.9 Å². The number of ether oxygens (including phenoxy) is 2. The Labute approximate surface area is 117 Å². The predicted molar refractivity (Wildman–Crippen MR) is 76.0 cm³/mol. The van der Waals surface area contributed by atoms with E-state index in [2.05, 4.69) is 22.0 Å². The molecule has 0 radical (unpaired) electrons. The first-order chi connectivity index (χ1) is 8.63. The normalized spacial score (nSPS) is 24.6. The molecule has 1 fully saturated rings. The molecular weight excluding hydrogens is 294 g/mol. The molecule has 100 valence electrons. The van der Waals surface area contributed by atoms with Crippen molar-refractivity contribution in [2.75, 3.05) is 20.3 Å². The van der Waals surface area contributed by atoms with Gasteiger partial charge in [-0.05, 0) is 49.4 Å². The third kappa shape index (κ3) is 3.46. The SMILES string of the molecule is COc1ccc(Br)c(CC2(N)CCCOCC2)c1. The summed E-state index contributed by atoms with van der Waals surface area (Å²) < 4.78 is 11.9. The zero-order chi connectivity index (χ0) is 13.0. The first-order valence-electron chi connectivity index (χ1n) is 6.32. The van der Waals surface area contributed by atoms with Crippen molar-refractivity contribution >= 4 is 15.9 Å². The third-order valence-electron chi connectivity index (χ3n) is 3.50. The van der Waals surface area contributed by atoms with Gasteiger partial charge in [0.15, 0.2) is 0 Å². The second-order valence-corrected chi connectivity index (χ2v) is 5.82. The van der Waals surface area contributed by atoms with Crippen LogP contribution in [-0.2, 0) is 11.2 Å². The van der Waals surface area contributed by atoms with Crippen LogP contribution in [0.5, 0.6) is 5.75 Å². The molecule has 0 saturated carbocycles. The minimum Gasteiger partial charge on any atom is -0.497 e. The summed E-state index contributed by atoms with van der Waals surface area (Å²) in [6.07, 6.45) is 3.82. The highest BCUT2D eigenvalue weighted by Crippen LogP contribution is 2.29. The van der Waals surface area contributed by atoms with Gasteiger partial charge in [0, 0.05) is 23.2 Å². The quantitative estimate of drug-likeness (QED) is 0.933. The Morgan fingerprint density at radius 3 is 3.00 bits per heavy atom. The van der Waals surface area contributed by atoms with Crippen LogP contribution in [0.3, 0.4) is 0 Å². The zero-order valence-corrected chi connectivity index (χ0v) is 12.3. The summed E-state index contributed by atoms with van der Waals surface area (Å²) in [6, 6.07) is 6.03. The van der Waals surface area contributed by atoms with Gasteiger partial charge in [-0.3, -0.25) is 0 Å². The number of hydrogen-bond donors (Lipinski definition) is 1. The van der Waals surface area contributed by atoms with E-state index in [0.29, 0.717) is 0 Å². The molecule has 4 heteroatoms. The summed E-state index contributed by atoms with van der Waals surface area (Å²) in [4.78, 5) is 0. The summed E-state index contributed by atoms with van der Waals surface area (Å²) in [5, 5.41) is 0. The molecule has 1 aromatic carbocycles. The molecule has 2 rings (SSSR count). The molecule has 0 amide bonds. The van der Waals surface area contributed by atoms with E-state index in [-0.39, 0.29) is 5.54 Å². The van der Waals surface area contributed by atoms with Crippen molar-refractivity contribution in [1.82, 2.24) is 0 Å². The van der Waals surface area contributed by atoms with Crippen LogP contribution in [0.2, 0.25) is 0 Å². The lowest BCUT2D eigenvalue weighted by atomic mass is 9.85. The van der Waals surface area contributed by atoms with Crippen molar-refractivity contribution in [3.63, 3.8) is 0 Å². The fraction of sp³-hybridized carbons (Fsp3) is 0.571. The molecule has 3 nitrogen and oxygen atoms in total. The molecule has 0 aromatic heterocycles. The van der Waals surface area contributed by atoms with Gasteiger partial charge in [-0.15, -0.1) is 0 Å². The minimum atomic E-state index is -0.161. The molecule has 0 aliphatic carbocycles. The van der Waals surface area contributed by atoms with Crippen LogP contribution < -0.4 is 10.5 Å². The Hall–Kier alpha value is -0.580. The van der Waals surface area contributed by atoms with Gasteiger partial charge >= 0.3 is 0 Å². The molecule has 1 aromatic rings. The maximum absolute atomic E-state index is 6.51. The van der Waals surface area contributed by atoms with Crippen LogP contribution in [0, 0.1) is 0 Å². The van der Waals surface area contributed by atoms with Crippen LogP contribution in [0.4, 0.5) is 0 Å². The van der Waals surface area contributed by atoms with Crippen LogP contribution in [0.15, 0.2) is 22.7 Å². The van der Waals surface area contributed by atoms with Crippen molar-refractivity contribution in [2.24, 2.45) is 5.73 Å². The molecule has 0 bridgehead atoms. The van der Waals surface area contributed by atoms with Gasteiger partial charge in [-0.1, -0.05) is 15.9 Å². The largest absolute Gasteiger partial charge is 0.497 e. The van der Waals surface area contributed by atoms with Crippen molar-refractivity contribution in [1.29, 1.82) is 0 Å². The molecule has 1 atom stereocenters. The highest BCUT2D eigenvalue weighted by molar-refractivity contribution is 9.10. The lowest BCUT2D eigenvalue weighted by Crippen LogP contribution is -2.42. The van der Waals surface area contributed by atoms with Gasteiger partial charge < -0.3 is 15.2 Å². The number of hydrogen-bond acceptors (Lipinski definition) is 3. The fourth-order valence-corrected chi connectivity index (χ4v) is 2.79. The highest BCUT2D eigenvalue weighted by atomic mass is 79.9. The average molecular weight is 314 g/mol. The number of rotatable bonds is 3. The van der Waals surface area contributed by atoms with Crippen LogP contribution in [-0.4, -0.2) is 25.9 Å². The Morgan fingerprint density at radius 2 is 2.22 bits per heavy atom. The molecule has 0 spiro atoms. The number of methoxy groups -OCH3 is 1. The Kier molecular flexibility index (Phi) is 4.65. The summed E-state index contributed by atoms with van der Waals surface area (Å²) in [5.74, 6) is 0.877.